The van der Waals surface area contributed by atoms with Crippen LogP contribution in [-0.4, -0.2) is 49.1 Å². The van der Waals surface area contributed by atoms with E-state index >= 15 is 0 Å². The summed E-state index contributed by atoms with van der Waals surface area (Å²) >= 11 is 0. The molecule has 1 atom stereocenters. The van der Waals surface area contributed by atoms with E-state index in [4.69, 9.17) is 18.6 Å². The molecule has 0 fully saturated rings. The van der Waals surface area contributed by atoms with Crippen molar-refractivity contribution in [3.05, 3.63) is 47.9 Å². The molecule has 0 aliphatic carbocycles. The Hall–Kier alpha value is -2.02. The van der Waals surface area contributed by atoms with Crippen molar-refractivity contribution in [1.29, 1.82) is 0 Å². The minimum Gasteiger partial charge on any atom is -0.493 e. The van der Waals surface area contributed by atoms with Crippen LogP contribution in [0.3, 0.4) is 0 Å². The van der Waals surface area contributed by atoms with Gasteiger partial charge in [-0.3, -0.25) is 4.90 Å². The summed E-state index contributed by atoms with van der Waals surface area (Å²) in [4.78, 5) is 2.10. The quantitative estimate of drug-likeness (QED) is 0.684. The third-order valence-electron chi connectivity index (χ3n) is 4.02. The second-order valence-electron chi connectivity index (χ2n) is 7.48. The molecule has 6 nitrogen and oxygen atoms in total. The fourth-order valence-electron chi connectivity index (χ4n) is 2.82. The van der Waals surface area contributed by atoms with Crippen LogP contribution in [0.15, 0.2) is 41.0 Å². The van der Waals surface area contributed by atoms with Crippen molar-refractivity contribution in [3.63, 3.8) is 0 Å². The van der Waals surface area contributed by atoms with Gasteiger partial charge >= 0.3 is 0 Å². The van der Waals surface area contributed by atoms with Crippen molar-refractivity contribution in [3.8, 4) is 11.5 Å². The minimum absolute atomic E-state index is 0.271. The third kappa shape index (κ3) is 6.90. The van der Waals surface area contributed by atoms with Crippen LogP contribution in [0.4, 0.5) is 0 Å². The van der Waals surface area contributed by atoms with E-state index in [0.29, 0.717) is 31.1 Å². The molecule has 1 unspecified atom stereocenters. The summed E-state index contributed by atoms with van der Waals surface area (Å²) in [7, 11) is 3.25. The number of rotatable bonds is 10. The average Bonchev–Trinajstić information content (AvgIpc) is 3.12. The van der Waals surface area contributed by atoms with Gasteiger partial charge in [-0.2, -0.15) is 0 Å². The Bertz CT molecular complexity index is 678. The van der Waals surface area contributed by atoms with Crippen LogP contribution < -0.4 is 9.47 Å². The second-order valence-corrected chi connectivity index (χ2v) is 7.48. The van der Waals surface area contributed by atoms with Crippen molar-refractivity contribution in [1.82, 2.24) is 4.90 Å². The van der Waals surface area contributed by atoms with Gasteiger partial charge in [-0.25, -0.2) is 0 Å². The number of hydrogen-bond acceptors (Lipinski definition) is 6. The fraction of sp³-hybridized carbons (Fsp3) is 0.524. The number of nitrogens with zero attached hydrogens (tertiary/aromatic N) is 1. The highest BCUT2D eigenvalue weighted by Gasteiger charge is 2.20. The SMILES string of the molecule is COc1cccc(CN(Cc2ccco2)CC(O)COC(C)(C)C)c1OC. The third-order valence-corrected chi connectivity index (χ3v) is 4.02. The Kier molecular flexibility index (Phi) is 7.71. The monoisotopic (exact) mass is 377 g/mol. The van der Waals surface area contributed by atoms with Crippen LogP contribution in [0.5, 0.6) is 11.5 Å². The number of aliphatic hydroxyl groups is 1. The lowest BCUT2D eigenvalue weighted by Crippen LogP contribution is -2.36. The molecule has 1 aromatic heterocycles. The molecule has 1 N–H and O–H groups in total. The van der Waals surface area contributed by atoms with Crippen molar-refractivity contribution < 1.29 is 23.7 Å². The van der Waals surface area contributed by atoms with Gasteiger partial charge in [0, 0.05) is 18.7 Å². The smallest absolute Gasteiger partial charge is 0.165 e. The van der Waals surface area contributed by atoms with Crippen LogP contribution in [-0.2, 0) is 17.8 Å². The first-order valence-corrected chi connectivity index (χ1v) is 9.09. The molecular weight excluding hydrogens is 346 g/mol. The second kappa shape index (κ2) is 9.78. The maximum absolute atomic E-state index is 10.5. The van der Waals surface area contributed by atoms with Gasteiger partial charge in [0.25, 0.3) is 0 Å². The molecule has 27 heavy (non-hydrogen) atoms. The molecule has 6 heteroatoms. The topological polar surface area (TPSA) is 64.3 Å². The summed E-state index contributed by atoms with van der Waals surface area (Å²) in [5.41, 5.74) is 0.690. The largest absolute Gasteiger partial charge is 0.493 e. The highest BCUT2D eigenvalue weighted by atomic mass is 16.5. The van der Waals surface area contributed by atoms with Gasteiger partial charge in [-0.05, 0) is 39.0 Å². The van der Waals surface area contributed by atoms with E-state index < -0.39 is 6.10 Å². The van der Waals surface area contributed by atoms with Gasteiger partial charge in [0.05, 0.1) is 45.3 Å². The maximum atomic E-state index is 10.5. The summed E-state index contributed by atoms with van der Waals surface area (Å²) in [5, 5.41) is 10.5. The van der Waals surface area contributed by atoms with Crippen LogP contribution >= 0.6 is 0 Å². The number of ether oxygens (including phenoxy) is 3. The molecular formula is C21H31NO5. The molecule has 0 aliphatic heterocycles. The number of furan rings is 1. The molecule has 0 saturated carbocycles. The first-order valence-electron chi connectivity index (χ1n) is 9.09. The van der Waals surface area contributed by atoms with Gasteiger partial charge in [0.1, 0.15) is 5.76 Å². The summed E-state index contributed by atoms with van der Waals surface area (Å²) in [5.74, 6) is 2.22. The van der Waals surface area contributed by atoms with Crippen LogP contribution in [0, 0.1) is 0 Å². The van der Waals surface area contributed by atoms with E-state index in [-0.39, 0.29) is 12.2 Å². The van der Waals surface area contributed by atoms with Gasteiger partial charge in [0.15, 0.2) is 11.5 Å². The van der Waals surface area contributed by atoms with Crippen molar-refractivity contribution >= 4 is 0 Å². The Labute approximate surface area is 161 Å². The standard InChI is InChI=1S/C21H31NO5/c1-21(2,3)27-15-17(23)13-22(14-18-9-7-11-26-18)12-16-8-6-10-19(24-4)20(16)25-5/h6-11,17,23H,12-15H2,1-5H3. The molecule has 2 rings (SSSR count). The molecule has 2 aromatic rings. The zero-order valence-electron chi connectivity index (χ0n) is 16.9. The summed E-state index contributed by atoms with van der Waals surface area (Å²) in [6, 6.07) is 9.58. The van der Waals surface area contributed by atoms with E-state index in [1.807, 2.05) is 51.1 Å². The van der Waals surface area contributed by atoms with Gasteiger partial charge < -0.3 is 23.7 Å². The van der Waals surface area contributed by atoms with Crippen LogP contribution in [0.1, 0.15) is 32.1 Å². The summed E-state index contributed by atoms with van der Waals surface area (Å²) < 4.78 is 22.1. The fourth-order valence-corrected chi connectivity index (χ4v) is 2.82. The Balaban J connectivity index is 2.13. The number of methoxy groups -OCH3 is 2. The molecule has 1 heterocycles. The maximum Gasteiger partial charge on any atom is 0.165 e. The number of para-hydroxylation sites is 1. The van der Waals surface area contributed by atoms with E-state index in [0.717, 1.165) is 11.3 Å². The Morgan fingerprint density at radius 2 is 1.85 bits per heavy atom. The predicted octanol–water partition coefficient (Wildman–Crippen LogP) is 3.48. The lowest BCUT2D eigenvalue weighted by atomic mass is 10.1. The molecule has 0 aliphatic rings. The van der Waals surface area contributed by atoms with Crippen LogP contribution in [0.25, 0.3) is 0 Å². The highest BCUT2D eigenvalue weighted by molar-refractivity contribution is 5.46. The van der Waals surface area contributed by atoms with Crippen molar-refractivity contribution in [2.45, 2.75) is 45.6 Å². The molecule has 0 radical (unpaired) electrons. The molecule has 0 bridgehead atoms. The predicted molar refractivity (Wildman–Crippen MR) is 104 cm³/mol. The van der Waals surface area contributed by atoms with Crippen molar-refractivity contribution in [2.24, 2.45) is 0 Å². The summed E-state index contributed by atoms with van der Waals surface area (Å²) in [6.45, 7) is 7.78. The first-order chi connectivity index (χ1) is 12.8. The van der Waals surface area contributed by atoms with Gasteiger partial charge in [-0.15, -0.1) is 0 Å². The molecule has 0 spiro atoms. The van der Waals surface area contributed by atoms with Gasteiger partial charge in [-0.1, -0.05) is 12.1 Å². The molecule has 150 valence electrons. The van der Waals surface area contributed by atoms with E-state index in [1.54, 1.807) is 20.5 Å². The number of hydrogen-bond donors (Lipinski definition) is 1. The van der Waals surface area contributed by atoms with Gasteiger partial charge in [0.2, 0.25) is 0 Å². The average molecular weight is 377 g/mol. The van der Waals surface area contributed by atoms with E-state index in [9.17, 15) is 5.11 Å². The molecule has 0 saturated heterocycles. The Morgan fingerprint density at radius 1 is 1.07 bits per heavy atom. The Morgan fingerprint density at radius 3 is 2.44 bits per heavy atom. The lowest BCUT2D eigenvalue weighted by Gasteiger charge is -2.27. The molecule has 1 aromatic carbocycles. The zero-order valence-corrected chi connectivity index (χ0v) is 16.9. The summed E-state index contributed by atoms with van der Waals surface area (Å²) in [6.07, 6.45) is 1.04. The zero-order chi connectivity index (χ0) is 19.9. The normalized spacial score (nSPS) is 13.0. The van der Waals surface area contributed by atoms with Crippen LogP contribution in [0.2, 0.25) is 0 Å². The van der Waals surface area contributed by atoms with E-state index in [1.165, 1.54) is 0 Å². The number of benzene rings is 1. The van der Waals surface area contributed by atoms with Crippen molar-refractivity contribution in [2.75, 3.05) is 27.4 Å². The first kappa shape index (κ1) is 21.3. The number of aliphatic hydroxyl groups excluding tert-OH is 1. The minimum atomic E-state index is -0.615. The highest BCUT2D eigenvalue weighted by Crippen LogP contribution is 2.31. The van der Waals surface area contributed by atoms with E-state index in [2.05, 4.69) is 4.90 Å². The lowest BCUT2D eigenvalue weighted by molar-refractivity contribution is -0.0576. The molecule has 0 amide bonds.